The van der Waals surface area contributed by atoms with Gasteiger partial charge in [-0.25, -0.2) is 9.97 Å². The van der Waals surface area contributed by atoms with Crippen LogP contribution >= 0.6 is 11.3 Å². The third-order valence-electron chi connectivity index (χ3n) is 4.09. The minimum atomic E-state index is -4.47. The third kappa shape index (κ3) is 4.57. The SMILES string of the molecule is O=C(COc1cccc(C(F)(F)F)c1)Nc1cccc(-c2nc3cccnc3s2)c1. The average Bonchev–Trinajstić information content (AvgIpc) is 3.16. The molecule has 4 rings (SSSR count). The second kappa shape index (κ2) is 8.11. The van der Waals surface area contributed by atoms with Crippen molar-refractivity contribution in [1.82, 2.24) is 9.97 Å². The Morgan fingerprint density at radius 3 is 2.70 bits per heavy atom. The van der Waals surface area contributed by atoms with E-state index in [0.29, 0.717) is 5.69 Å². The Kier molecular flexibility index (Phi) is 5.37. The molecular weight excluding hydrogens is 415 g/mol. The molecule has 0 atom stereocenters. The van der Waals surface area contributed by atoms with Crippen LogP contribution in [-0.2, 0) is 11.0 Å². The van der Waals surface area contributed by atoms with Crippen molar-refractivity contribution in [2.45, 2.75) is 6.18 Å². The van der Waals surface area contributed by atoms with Crippen molar-refractivity contribution in [2.75, 3.05) is 11.9 Å². The maximum atomic E-state index is 12.8. The molecule has 0 saturated carbocycles. The number of carbonyl (C=O) groups excluding carboxylic acids is 1. The first-order valence-corrected chi connectivity index (χ1v) is 9.62. The number of hydrogen-bond acceptors (Lipinski definition) is 5. The maximum Gasteiger partial charge on any atom is 0.416 e. The molecule has 5 nitrogen and oxygen atoms in total. The fraction of sp³-hybridized carbons (Fsp3) is 0.0952. The Morgan fingerprint density at radius 2 is 1.90 bits per heavy atom. The van der Waals surface area contributed by atoms with E-state index in [9.17, 15) is 18.0 Å². The van der Waals surface area contributed by atoms with E-state index in [1.165, 1.54) is 23.5 Å². The molecule has 0 aliphatic carbocycles. The lowest BCUT2D eigenvalue weighted by Gasteiger charge is -2.11. The quantitative estimate of drug-likeness (QED) is 0.462. The number of thiazole rings is 1. The van der Waals surface area contributed by atoms with Crippen LogP contribution in [-0.4, -0.2) is 22.5 Å². The average molecular weight is 429 g/mol. The molecule has 152 valence electrons. The molecule has 0 spiro atoms. The number of amides is 1. The summed E-state index contributed by atoms with van der Waals surface area (Å²) in [5, 5.41) is 3.44. The molecule has 2 aromatic carbocycles. The van der Waals surface area contributed by atoms with Crippen LogP contribution in [0.1, 0.15) is 5.56 Å². The summed E-state index contributed by atoms with van der Waals surface area (Å²) in [6.45, 7) is -0.420. The summed E-state index contributed by atoms with van der Waals surface area (Å²) in [6, 6.07) is 15.2. The molecule has 0 bridgehead atoms. The molecule has 0 aliphatic rings. The summed E-state index contributed by atoms with van der Waals surface area (Å²) < 4.78 is 43.5. The largest absolute Gasteiger partial charge is 0.484 e. The molecular formula is C21H14F3N3O2S. The van der Waals surface area contributed by atoms with E-state index < -0.39 is 24.3 Å². The predicted molar refractivity (Wildman–Crippen MR) is 108 cm³/mol. The van der Waals surface area contributed by atoms with Crippen LogP contribution in [0.3, 0.4) is 0 Å². The molecule has 2 aromatic heterocycles. The number of anilines is 1. The topological polar surface area (TPSA) is 64.1 Å². The first-order chi connectivity index (χ1) is 14.4. The van der Waals surface area contributed by atoms with Crippen LogP contribution in [0.5, 0.6) is 5.75 Å². The van der Waals surface area contributed by atoms with Gasteiger partial charge in [0.1, 0.15) is 21.1 Å². The van der Waals surface area contributed by atoms with Crippen molar-refractivity contribution in [1.29, 1.82) is 0 Å². The summed E-state index contributed by atoms with van der Waals surface area (Å²) >= 11 is 1.44. The van der Waals surface area contributed by atoms with Gasteiger partial charge in [-0.2, -0.15) is 13.2 Å². The molecule has 0 unspecified atom stereocenters. The number of pyridine rings is 1. The van der Waals surface area contributed by atoms with Gasteiger partial charge >= 0.3 is 6.18 Å². The van der Waals surface area contributed by atoms with Crippen molar-refractivity contribution in [3.05, 3.63) is 72.4 Å². The second-order valence-corrected chi connectivity index (χ2v) is 7.27. The summed E-state index contributed by atoms with van der Waals surface area (Å²) in [5.74, 6) is -0.522. The number of carbonyl (C=O) groups is 1. The van der Waals surface area contributed by atoms with Gasteiger partial charge in [0.15, 0.2) is 6.61 Å². The minimum Gasteiger partial charge on any atom is -0.484 e. The van der Waals surface area contributed by atoms with Crippen LogP contribution in [0, 0.1) is 0 Å². The molecule has 9 heteroatoms. The Morgan fingerprint density at radius 1 is 1.07 bits per heavy atom. The maximum absolute atomic E-state index is 12.8. The zero-order chi connectivity index (χ0) is 21.1. The number of rotatable bonds is 5. The van der Waals surface area contributed by atoms with Gasteiger partial charge in [-0.1, -0.05) is 29.5 Å². The van der Waals surface area contributed by atoms with Gasteiger partial charge in [0.25, 0.3) is 5.91 Å². The second-order valence-electron chi connectivity index (χ2n) is 6.29. The Hall–Kier alpha value is -3.46. The van der Waals surface area contributed by atoms with Gasteiger partial charge in [0.05, 0.1) is 5.56 Å². The molecule has 1 N–H and O–H groups in total. The Labute approximate surface area is 173 Å². The number of nitrogens with zero attached hydrogens (tertiary/aromatic N) is 2. The fourth-order valence-electron chi connectivity index (χ4n) is 2.73. The van der Waals surface area contributed by atoms with E-state index in [2.05, 4.69) is 15.3 Å². The van der Waals surface area contributed by atoms with Gasteiger partial charge in [-0.15, -0.1) is 0 Å². The van der Waals surface area contributed by atoms with Gasteiger partial charge < -0.3 is 10.1 Å². The van der Waals surface area contributed by atoms with E-state index >= 15 is 0 Å². The zero-order valence-corrected chi connectivity index (χ0v) is 16.1. The van der Waals surface area contributed by atoms with Crippen LogP contribution in [0.15, 0.2) is 66.9 Å². The Balaban J connectivity index is 1.42. The van der Waals surface area contributed by atoms with Crippen molar-refractivity contribution in [3.8, 4) is 16.3 Å². The van der Waals surface area contributed by atoms with E-state index in [0.717, 1.165) is 33.1 Å². The molecule has 1 amide bonds. The molecule has 0 aliphatic heterocycles. The summed E-state index contributed by atoms with van der Waals surface area (Å²) in [5.41, 5.74) is 1.30. The first kappa shape index (κ1) is 19.8. The van der Waals surface area contributed by atoms with Crippen molar-refractivity contribution in [3.63, 3.8) is 0 Å². The normalized spacial score (nSPS) is 11.4. The van der Waals surface area contributed by atoms with Crippen molar-refractivity contribution < 1.29 is 22.7 Å². The van der Waals surface area contributed by atoms with Crippen LogP contribution in [0.2, 0.25) is 0 Å². The number of hydrogen-bond donors (Lipinski definition) is 1. The molecule has 0 saturated heterocycles. The van der Waals surface area contributed by atoms with Crippen molar-refractivity contribution in [2.24, 2.45) is 0 Å². The monoisotopic (exact) mass is 429 g/mol. The van der Waals surface area contributed by atoms with Gasteiger partial charge in [-0.05, 0) is 42.5 Å². The molecule has 30 heavy (non-hydrogen) atoms. The Bertz CT molecular complexity index is 1170. The number of nitrogens with one attached hydrogen (secondary N) is 1. The van der Waals surface area contributed by atoms with E-state index in [1.54, 1.807) is 24.4 Å². The minimum absolute atomic E-state index is 0.0318. The van der Waals surface area contributed by atoms with Gasteiger partial charge in [0.2, 0.25) is 0 Å². The smallest absolute Gasteiger partial charge is 0.416 e. The number of halogens is 3. The summed E-state index contributed by atoms with van der Waals surface area (Å²) in [4.78, 5) is 21.8. The predicted octanol–water partition coefficient (Wildman–Crippen LogP) is 5.39. The highest BCUT2D eigenvalue weighted by Gasteiger charge is 2.30. The zero-order valence-electron chi connectivity index (χ0n) is 15.3. The lowest BCUT2D eigenvalue weighted by atomic mass is 10.2. The van der Waals surface area contributed by atoms with Gasteiger partial charge in [-0.3, -0.25) is 4.79 Å². The lowest BCUT2D eigenvalue weighted by Crippen LogP contribution is -2.20. The van der Waals surface area contributed by atoms with Crippen LogP contribution in [0.25, 0.3) is 20.9 Å². The third-order valence-corrected chi connectivity index (χ3v) is 5.12. The summed E-state index contributed by atoms with van der Waals surface area (Å²) in [6.07, 6.45) is -2.77. The molecule has 0 radical (unpaired) electrons. The fourth-order valence-corrected chi connectivity index (χ4v) is 3.64. The van der Waals surface area contributed by atoms with E-state index in [4.69, 9.17) is 4.74 Å². The standard InChI is InChI=1S/C21H14F3N3O2S/c22-21(23,24)14-5-2-7-16(11-14)29-12-18(28)26-15-6-1-4-13(10-15)19-27-17-8-3-9-25-20(17)30-19/h1-11H,12H2,(H,26,28). The molecule has 4 aromatic rings. The number of aromatic nitrogens is 2. The highest BCUT2D eigenvalue weighted by molar-refractivity contribution is 7.21. The lowest BCUT2D eigenvalue weighted by molar-refractivity contribution is -0.137. The molecule has 0 fully saturated rings. The number of ether oxygens (including phenoxy) is 1. The highest BCUT2D eigenvalue weighted by atomic mass is 32.1. The number of fused-ring (bicyclic) bond motifs is 1. The van der Waals surface area contributed by atoms with Crippen LogP contribution < -0.4 is 10.1 Å². The van der Waals surface area contributed by atoms with E-state index in [-0.39, 0.29) is 5.75 Å². The molecule has 2 heterocycles. The van der Waals surface area contributed by atoms with E-state index in [1.807, 2.05) is 18.2 Å². The van der Waals surface area contributed by atoms with Crippen molar-refractivity contribution >= 4 is 33.3 Å². The number of benzene rings is 2. The summed E-state index contributed by atoms with van der Waals surface area (Å²) in [7, 11) is 0. The first-order valence-electron chi connectivity index (χ1n) is 8.80. The number of alkyl halides is 3. The highest BCUT2D eigenvalue weighted by Crippen LogP contribution is 2.32. The van der Waals surface area contributed by atoms with Gasteiger partial charge in [0, 0.05) is 17.4 Å². The van der Waals surface area contributed by atoms with Crippen LogP contribution in [0.4, 0.5) is 18.9 Å².